The van der Waals surface area contributed by atoms with E-state index in [4.69, 9.17) is 0 Å². The molecule has 3 heteroatoms. The Morgan fingerprint density at radius 2 is 1.63 bits per heavy atom. The lowest BCUT2D eigenvalue weighted by atomic mass is 9.91. The van der Waals surface area contributed by atoms with E-state index < -0.39 is 0 Å². The van der Waals surface area contributed by atoms with Gasteiger partial charge in [-0.25, -0.2) is 9.37 Å². The van der Waals surface area contributed by atoms with E-state index in [0.717, 1.165) is 45.6 Å². The van der Waals surface area contributed by atoms with Crippen molar-refractivity contribution in [1.29, 1.82) is 0 Å². The number of hydrogen-bond acceptors (Lipinski definition) is 2. The summed E-state index contributed by atoms with van der Waals surface area (Å²) in [7, 11) is 0. The number of hydrogen-bond donors (Lipinski definition) is 1. The van der Waals surface area contributed by atoms with Gasteiger partial charge in [-0.1, -0.05) is 31.2 Å². The largest absolute Gasteiger partial charge is 0.368 e. The summed E-state index contributed by atoms with van der Waals surface area (Å²) in [6, 6.07) is 14.2. The van der Waals surface area contributed by atoms with E-state index in [1.807, 2.05) is 38.2 Å². The highest BCUT2D eigenvalue weighted by Gasteiger charge is 2.12. The topological polar surface area (TPSA) is 24.9 Å². The second-order valence-electron chi connectivity index (χ2n) is 7.38. The number of nitrogens with one attached hydrogen (secondary N) is 1. The second kappa shape index (κ2) is 7.91. The monoisotopic (exact) mass is 362 g/mol. The molecule has 2 nitrogen and oxygen atoms in total. The molecular weight excluding hydrogens is 335 g/mol. The molecule has 0 radical (unpaired) electrons. The third-order valence-corrected chi connectivity index (χ3v) is 4.81. The summed E-state index contributed by atoms with van der Waals surface area (Å²) in [5.41, 5.74) is 6.99. The minimum Gasteiger partial charge on any atom is -0.368 e. The highest BCUT2D eigenvalue weighted by atomic mass is 19.1. The maximum absolute atomic E-state index is 14.6. The number of aromatic nitrogens is 1. The molecular formula is C24H27FN2. The first-order chi connectivity index (χ1) is 12.9. The summed E-state index contributed by atoms with van der Waals surface area (Å²) >= 11 is 0. The van der Waals surface area contributed by atoms with Gasteiger partial charge < -0.3 is 5.32 Å². The molecule has 0 atom stereocenters. The molecule has 1 heterocycles. The minimum atomic E-state index is -0.157. The van der Waals surface area contributed by atoms with Crippen LogP contribution < -0.4 is 5.32 Å². The third-order valence-electron chi connectivity index (χ3n) is 4.81. The molecule has 0 spiro atoms. The second-order valence-corrected chi connectivity index (χ2v) is 7.38. The molecule has 0 fully saturated rings. The predicted octanol–water partition coefficient (Wildman–Crippen LogP) is 6.55. The van der Waals surface area contributed by atoms with E-state index in [2.05, 4.69) is 49.3 Å². The van der Waals surface area contributed by atoms with Crippen LogP contribution in [0.5, 0.6) is 0 Å². The molecule has 0 unspecified atom stereocenters. The Morgan fingerprint density at radius 1 is 0.926 bits per heavy atom. The van der Waals surface area contributed by atoms with Gasteiger partial charge in [0, 0.05) is 23.4 Å². The zero-order valence-corrected chi connectivity index (χ0v) is 16.7. The third kappa shape index (κ3) is 4.19. The molecule has 0 saturated heterocycles. The van der Waals surface area contributed by atoms with Crippen molar-refractivity contribution in [1.82, 2.24) is 4.98 Å². The first-order valence-electron chi connectivity index (χ1n) is 9.52. The Labute approximate surface area is 161 Å². The molecule has 0 amide bonds. The molecule has 3 rings (SSSR count). The summed E-state index contributed by atoms with van der Waals surface area (Å²) in [6.45, 7) is 10.3. The predicted molar refractivity (Wildman–Crippen MR) is 113 cm³/mol. The molecule has 3 aromatic rings. The number of benzene rings is 2. The highest BCUT2D eigenvalue weighted by Crippen LogP contribution is 2.33. The molecule has 2 aromatic carbocycles. The molecule has 0 aliphatic rings. The van der Waals surface area contributed by atoms with E-state index in [1.165, 1.54) is 0 Å². The number of pyridine rings is 1. The van der Waals surface area contributed by atoms with Gasteiger partial charge in [-0.05, 0) is 80.1 Å². The number of rotatable bonds is 5. The van der Waals surface area contributed by atoms with E-state index in [9.17, 15) is 4.39 Å². The van der Waals surface area contributed by atoms with Crippen LogP contribution in [0.2, 0.25) is 0 Å². The number of nitrogens with zero attached hydrogens (tertiary/aromatic N) is 1. The smallest absolute Gasteiger partial charge is 0.131 e. The van der Waals surface area contributed by atoms with Crippen molar-refractivity contribution in [2.45, 2.75) is 47.1 Å². The standard InChI is InChI=1S/C24H27FN2/c1-6-18-7-9-20(23(25)13-18)22-12-16(4)21(11-17(22)5)19-8-10-24(26-14-19)27-15(2)3/h7-15H,6H2,1-5H3,(H,26,27). The van der Waals surface area contributed by atoms with Crippen molar-refractivity contribution < 1.29 is 4.39 Å². The lowest BCUT2D eigenvalue weighted by molar-refractivity contribution is 0.629. The Kier molecular flexibility index (Phi) is 5.59. The maximum Gasteiger partial charge on any atom is 0.131 e. The Balaban J connectivity index is 1.98. The van der Waals surface area contributed by atoms with Crippen LogP contribution >= 0.6 is 0 Å². The van der Waals surface area contributed by atoms with Crippen LogP contribution in [0, 0.1) is 19.7 Å². The van der Waals surface area contributed by atoms with Gasteiger partial charge in [-0.2, -0.15) is 0 Å². The summed E-state index contributed by atoms with van der Waals surface area (Å²) in [4.78, 5) is 4.51. The van der Waals surface area contributed by atoms with Gasteiger partial charge in [0.15, 0.2) is 0 Å². The van der Waals surface area contributed by atoms with Crippen molar-refractivity contribution in [3.63, 3.8) is 0 Å². The van der Waals surface area contributed by atoms with E-state index in [1.54, 1.807) is 6.07 Å². The quantitative estimate of drug-likeness (QED) is 0.556. The van der Waals surface area contributed by atoms with Crippen molar-refractivity contribution >= 4 is 5.82 Å². The number of anilines is 1. The average molecular weight is 362 g/mol. The zero-order chi connectivity index (χ0) is 19.6. The van der Waals surface area contributed by atoms with Crippen LogP contribution in [0.15, 0.2) is 48.7 Å². The number of aryl methyl sites for hydroxylation is 3. The lowest BCUT2D eigenvalue weighted by Gasteiger charge is -2.15. The molecule has 1 N–H and O–H groups in total. The van der Waals surface area contributed by atoms with Crippen LogP contribution in [-0.4, -0.2) is 11.0 Å². The van der Waals surface area contributed by atoms with Crippen molar-refractivity contribution in [3.8, 4) is 22.3 Å². The van der Waals surface area contributed by atoms with E-state index in [-0.39, 0.29) is 5.82 Å². The normalized spacial score (nSPS) is 11.1. The summed E-state index contributed by atoms with van der Waals surface area (Å²) in [6.07, 6.45) is 2.73. The SMILES string of the molecule is CCc1ccc(-c2cc(C)c(-c3ccc(NC(C)C)nc3)cc2C)c(F)c1. The molecule has 140 valence electrons. The maximum atomic E-state index is 14.6. The first-order valence-corrected chi connectivity index (χ1v) is 9.52. The van der Waals surface area contributed by atoms with Gasteiger partial charge in [-0.15, -0.1) is 0 Å². The lowest BCUT2D eigenvalue weighted by Crippen LogP contribution is -2.10. The highest BCUT2D eigenvalue weighted by molar-refractivity contribution is 5.76. The van der Waals surface area contributed by atoms with Gasteiger partial charge in [0.1, 0.15) is 11.6 Å². The molecule has 0 aliphatic carbocycles. The molecule has 1 aromatic heterocycles. The Bertz CT molecular complexity index is 943. The molecule has 0 aliphatic heterocycles. The van der Waals surface area contributed by atoms with Gasteiger partial charge in [0.25, 0.3) is 0 Å². The summed E-state index contributed by atoms with van der Waals surface area (Å²) in [5.74, 6) is 0.716. The van der Waals surface area contributed by atoms with Crippen molar-refractivity contribution in [2.75, 3.05) is 5.32 Å². The van der Waals surface area contributed by atoms with E-state index >= 15 is 0 Å². The van der Waals surface area contributed by atoms with Crippen LogP contribution in [0.4, 0.5) is 10.2 Å². The van der Waals surface area contributed by atoms with Gasteiger partial charge in [0.2, 0.25) is 0 Å². The van der Waals surface area contributed by atoms with E-state index in [0.29, 0.717) is 11.6 Å². The van der Waals surface area contributed by atoms with Crippen molar-refractivity contribution in [3.05, 3.63) is 71.2 Å². The van der Waals surface area contributed by atoms with Crippen LogP contribution in [0.25, 0.3) is 22.3 Å². The van der Waals surface area contributed by atoms with Crippen LogP contribution in [0.1, 0.15) is 37.5 Å². The van der Waals surface area contributed by atoms with Crippen molar-refractivity contribution in [2.24, 2.45) is 0 Å². The fourth-order valence-corrected chi connectivity index (χ4v) is 3.35. The Hall–Kier alpha value is -2.68. The first kappa shape index (κ1) is 19.1. The van der Waals surface area contributed by atoms with Gasteiger partial charge in [0.05, 0.1) is 0 Å². The zero-order valence-electron chi connectivity index (χ0n) is 16.7. The average Bonchev–Trinajstić information content (AvgIpc) is 2.63. The fraction of sp³-hybridized carbons (Fsp3) is 0.292. The van der Waals surface area contributed by atoms with Crippen LogP contribution in [-0.2, 0) is 6.42 Å². The van der Waals surface area contributed by atoms with Crippen LogP contribution in [0.3, 0.4) is 0 Å². The summed E-state index contributed by atoms with van der Waals surface area (Å²) < 4.78 is 14.6. The summed E-state index contributed by atoms with van der Waals surface area (Å²) in [5, 5.41) is 3.30. The fourth-order valence-electron chi connectivity index (χ4n) is 3.35. The number of halogens is 1. The van der Waals surface area contributed by atoms with Gasteiger partial charge >= 0.3 is 0 Å². The van der Waals surface area contributed by atoms with Gasteiger partial charge in [-0.3, -0.25) is 0 Å². The Morgan fingerprint density at radius 3 is 2.22 bits per heavy atom. The molecule has 27 heavy (non-hydrogen) atoms. The molecule has 0 saturated carbocycles. The molecule has 0 bridgehead atoms. The minimum absolute atomic E-state index is 0.157.